The number of halogens is 2. The smallest absolute Gasteiger partial charge is 0.0857 e. The van der Waals surface area contributed by atoms with Crippen molar-refractivity contribution in [3.8, 4) is 0 Å². The molecule has 3 nitrogen and oxygen atoms in total. The molecule has 2 aromatic carbocycles. The van der Waals surface area contributed by atoms with E-state index >= 15 is 0 Å². The number of nitrogens with zero attached hydrogens (tertiary/aromatic N) is 2. The molecule has 0 bridgehead atoms. The average Bonchev–Trinajstić information content (AvgIpc) is 2.40. The lowest BCUT2D eigenvalue weighted by atomic mass is 10.3. The molecular formula is C12H10Cl2N2O. The van der Waals surface area contributed by atoms with Gasteiger partial charge in [0.2, 0.25) is 0 Å². The van der Waals surface area contributed by atoms with Crippen molar-refractivity contribution in [1.82, 2.24) is 0 Å². The van der Waals surface area contributed by atoms with Crippen LogP contribution in [0.5, 0.6) is 0 Å². The van der Waals surface area contributed by atoms with Gasteiger partial charge in [-0.2, -0.15) is 14.1 Å². The number of hydrogen-bond donors (Lipinski definition) is 0. The zero-order chi connectivity index (χ0) is 12.3. The van der Waals surface area contributed by atoms with Gasteiger partial charge in [-0.15, -0.1) is 0 Å². The highest BCUT2D eigenvalue weighted by Crippen LogP contribution is 2.16. The highest BCUT2D eigenvalue weighted by Gasteiger charge is 1.86. The second-order valence-corrected chi connectivity index (χ2v) is 3.40. The Bertz CT molecular complexity index is 393. The van der Waals surface area contributed by atoms with Crippen molar-refractivity contribution in [3.05, 3.63) is 60.7 Å². The maximum absolute atomic E-state index is 4.26. The third-order valence-electron chi connectivity index (χ3n) is 1.79. The SMILES string of the molecule is ClOCl.c1ccc(N=Nc2ccccc2)cc1. The number of rotatable bonds is 2. The Morgan fingerprint density at radius 1 is 0.647 bits per heavy atom. The highest BCUT2D eigenvalue weighted by atomic mass is 35.6. The largest absolute Gasteiger partial charge is 0.166 e. The first-order valence-electron chi connectivity index (χ1n) is 4.78. The van der Waals surface area contributed by atoms with Crippen molar-refractivity contribution in [2.45, 2.75) is 0 Å². The summed E-state index contributed by atoms with van der Waals surface area (Å²) < 4.78 is 3.19. The van der Waals surface area contributed by atoms with Gasteiger partial charge < -0.3 is 0 Å². The quantitative estimate of drug-likeness (QED) is 0.671. The molecule has 0 aliphatic rings. The van der Waals surface area contributed by atoms with Gasteiger partial charge in [-0.05, 0) is 24.3 Å². The zero-order valence-corrected chi connectivity index (χ0v) is 10.3. The number of hydrogen-bond acceptors (Lipinski definition) is 3. The van der Waals surface area contributed by atoms with Crippen molar-refractivity contribution in [2.24, 2.45) is 10.2 Å². The van der Waals surface area contributed by atoms with Crippen molar-refractivity contribution in [3.63, 3.8) is 0 Å². The topological polar surface area (TPSA) is 34.0 Å². The molecule has 0 N–H and O–H groups in total. The summed E-state index contributed by atoms with van der Waals surface area (Å²) in [6, 6.07) is 19.4. The summed E-state index contributed by atoms with van der Waals surface area (Å²) in [5.74, 6) is 0. The number of benzene rings is 2. The summed E-state index contributed by atoms with van der Waals surface area (Å²) in [7, 11) is 0. The molecule has 0 aliphatic heterocycles. The maximum Gasteiger partial charge on any atom is 0.0857 e. The van der Waals surface area contributed by atoms with Crippen LogP contribution in [-0.2, 0) is 3.84 Å². The lowest BCUT2D eigenvalue weighted by Crippen LogP contribution is -1.62. The molecule has 0 fully saturated rings. The lowest BCUT2D eigenvalue weighted by molar-refractivity contribution is 0.697. The third-order valence-corrected chi connectivity index (χ3v) is 1.79. The van der Waals surface area contributed by atoms with Gasteiger partial charge in [-0.1, -0.05) is 36.4 Å². The molecule has 0 aromatic heterocycles. The summed E-state index contributed by atoms with van der Waals surface area (Å²) in [6.45, 7) is 0. The Morgan fingerprint density at radius 2 is 0.941 bits per heavy atom. The van der Waals surface area contributed by atoms with Gasteiger partial charge in [0.25, 0.3) is 0 Å². The van der Waals surface area contributed by atoms with Gasteiger partial charge in [0.1, 0.15) is 0 Å². The second kappa shape index (κ2) is 8.70. The molecule has 5 heteroatoms. The number of azo groups is 1. The lowest BCUT2D eigenvalue weighted by Gasteiger charge is -1.91. The van der Waals surface area contributed by atoms with Crippen LogP contribution in [0.4, 0.5) is 11.4 Å². The van der Waals surface area contributed by atoms with Crippen molar-refractivity contribution in [2.75, 3.05) is 0 Å². The minimum atomic E-state index is 0.872. The predicted octanol–water partition coefficient (Wildman–Crippen LogP) is 5.41. The normalized spacial score (nSPS) is 9.76. The molecule has 0 unspecified atom stereocenters. The van der Waals surface area contributed by atoms with E-state index in [0.717, 1.165) is 11.4 Å². The predicted molar refractivity (Wildman–Crippen MR) is 69.9 cm³/mol. The van der Waals surface area contributed by atoms with Crippen LogP contribution in [-0.4, -0.2) is 0 Å². The van der Waals surface area contributed by atoms with Crippen LogP contribution in [0.2, 0.25) is 0 Å². The fourth-order valence-corrected chi connectivity index (χ4v) is 1.10. The summed E-state index contributed by atoms with van der Waals surface area (Å²) in [5, 5.41) is 8.20. The molecule has 88 valence electrons. The summed E-state index contributed by atoms with van der Waals surface area (Å²) in [4.78, 5) is 0. The molecule has 0 saturated heterocycles. The third kappa shape index (κ3) is 6.02. The van der Waals surface area contributed by atoms with E-state index in [1.54, 1.807) is 0 Å². The fourth-order valence-electron chi connectivity index (χ4n) is 1.10. The molecule has 0 atom stereocenters. The zero-order valence-electron chi connectivity index (χ0n) is 8.83. The average molecular weight is 269 g/mol. The first-order valence-corrected chi connectivity index (χ1v) is 5.39. The van der Waals surface area contributed by atoms with Crippen LogP contribution in [0.1, 0.15) is 0 Å². The van der Waals surface area contributed by atoms with Crippen LogP contribution in [0.15, 0.2) is 70.9 Å². The van der Waals surface area contributed by atoms with Crippen LogP contribution in [0.25, 0.3) is 0 Å². The van der Waals surface area contributed by atoms with Crippen LogP contribution >= 0.6 is 23.7 Å². The van der Waals surface area contributed by atoms with E-state index in [9.17, 15) is 0 Å². The highest BCUT2D eigenvalue weighted by molar-refractivity contribution is 6.24. The summed E-state index contributed by atoms with van der Waals surface area (Å²) in [5.41, 5.74) is 1.74. The minimum absolute atomic E-state index is 0.872. The van der Waals surface area contributed by atoms with Gasteiger partial charge >= 0.3 is 0 Å². The van der Waals surface area contributed by atoms with Gasteiger partial charge in [0.15, 0.2) is 0 Å². The summed E-state index contributed by atoms with van der Waals surface area (Å²) >= 11 is 8.53. The van der Waals surface area contributed by atoms with E-state index in [1.807, 2.05) is 60.7 Å². The molecular weight excluding hydrogens is 259 g/mol. The van der Waals surface area contributed by atoms with Crippen LogP contribution < -0.4 is 0 Å². The summed E-state index contributed by atoms with van der Waals surface area (Å²) in [6.07, 6.45) is 0. The second-order valence-electron chi connectivity index (χ2n) is 2.93. The first-order chi connectivity index (χ1) is 8.36. The van der Waals surface area contributed by atoms with Gasteiger partial charge in [-0.3, -0.25) is 0 Å². The van der Waals surface area contributed by atoms with Gasteiger partial charge in [0.05, 0.1) is 35.1 Å². The van der Waals surface area contributed by atoms with E-state index in [4.69, 9.17) is 0 Å². The van der Waals surface area contributed by atoms with Crippen LogP contribution in [0.3, 0.4) is 0 Å². The molecule has 2 aromatic rings. The Morgan fingerprint density at radius 3 is 1.24 bits per heavy atom. The van der Waals surface area contributed by atoms with E-state index in [-0.39, 0.29) is 0 Å². The standard InChI is InChI=1S/C12H10N2.Cl2O/c1-3-7-11(8-4-1)13-14-12-9-5-2-6-10-12;1-3-2/h1-10H;. The Balaban J connectivity index is 0.000000437. The molecule has 0 radical (unpaired) electrons. The van der Waals surface area contributed by atoms with Crippen molar-refractivity contribution in [1.29, 1.82) is 0 Å². The molecule has 0 spiro atoms. The van der Waals surface area contributed by atoms with Crippen LogP contribution in [0, 0.1) is 0 Å². The van der Waals surface area contributed by atoms with Crippen molar-refractivity contribution >= 4 is 35.1 Å². The van der Waals surface area contributed by atoms with E-state index < -0.39 is 0 Å². The Kier molecular flexibility index (Phi) is 6.98. The molecule has 0 heterocycles. The monoisotopic (exact) mass is 268 g/mol. The molecule has 0 amide bonds. The molecule has 2 rings (SSSR count). The first kappa shape index (κ1) is 13.6. The van der Waals surface area contributed by atoms with Gasteiger partial charge in [-0.25, -0.2) is 0 Å². The van der Waals surface area contributed by atoms with Gasteiger partial charge in [0, 0.05) is 0 Å². The Hall–Kier alpha value is -1.42. The molecule has 0 aliphatic carbocycles. The maximum atomic E-state index is 4.26. The van der Waals surface area contributed by atoms with E-state index in [0.29, 0.717) is 0 Å². The fraction of sp³-hybridized carbons (Fsp3) is 0. The molecule has 0 saturated carbocycles. The minimum Gasteiger partial charge on any atom is -0.166 e. The Labute approximate surface area is 110 Å². The van der Waals surface area contributed by atoms with E-state index in [2.05, 4.69) is 37.8 Å². The van der Waals surface area contributed by atoms with E-state index in [1.165, 1.54) is 0 Å². The molecule has 17 heavy (non-hydrogen) atoms. The van der Waals surface area contributed by atoms with Crippen molar-refractivity contribution < 1.29 is 3.84 Å².